The van der Waals surface area contributed by atoms with Crippen molar-refractivity contribution in [3.8, 4) is 0 Å². The standard InChI is InChI=1S/C40H34OS/c1-7-19-33(20-8-1)39(34-21-9-2-10-22-34,35-23-11-3-12-24-35)41-31-32-42-40(36-25-13-4-14-26-36,37-27-15-5-16-28-37)38-29-17-6-18-30-38/h1-30H,31-32H2. The molecule has 0 aliphatic rings. The van der Waals surface area contributed by atoms with Crippen molar-refractivity contribution < 1.29 is 4.74 Å². The van der Waals surface area contributed by atoms with E-state index in [-0.39, 0.29) is 4.75 Å². The van der Waals surface area contributed by atoms with Gasteiger partial charge >= 0.3 is 0 Å². The fourth-order valence-electron chi connectivity index (χ4n) is 5.93. The van der Waals surface area contributed by atoms with Gasteiger partial charge in [-0.2, -0.15) is 0 Å². The predicted molar refractivity (Wildman–Crippen MR) is 177 cm³/mol. The molecule has 42 heavy (non-hydrogen) atoms. The molecule has 0 atom stereocenters. The summed E-state index contributed by atoms with van der Waals surface area (Å²) >= 11 is 1.93. The maximum atomic E-state index is 7.17. The summed E-state index contributed by atoms with van der Waals surface area (Å²) in [6, 6.07) is 64.4. The summed E-state index contributed by atoms with van der Waals surface area (Å²) in [7, 11) is 0. The molecule has 6 aromatic rings. The van der Waals surface area contributed by atoms with E-state index in [1.807, 2.05) is 11.8 Å². The van der Waals surface area contributed by atoms with Crippen LogP contribution < -0.4 is 0 Å². The van der Waals surface area contributed by atoms with Crippen molar-refractivity contribution in [1.29, 1.82) is 0 Å². The summed E-state index contributed by atoms with van der Waals surface area (Å²) in [6.45, 7) is 0.553. The quantitative estimate of drug-likeness (QED) is 0.115. The van der Waals surface area contributed by atoms with Crippen LogP contribution >= 0.6 is 11.8 Å². The van der Waals surface area contributed by atoms with Crippen LogP contribution in [0.15, 0.2) is 182 Å². The lowest BCUT2D eigenvalue weighted by atomic mass is 9.80. The van der Waals surface area contributed by atoms with Gasteiger partial charge in [-0.25, -0.2) is 0 Å². The number of ether oxygens (including phenoxy) is 1. The van der Waals surface area contributed by atoms with Crippen LogP contribution in [0.25, 0.3) is 0 Å². The van der Waals surface area contributed by atoms with Gasteiger partial charge in [0, 0.05) is 5.75 Å². The Bertz CT molecular complexity index is 1320. The maximum Gasteiger partial charge on any atom is 0.143 e. The molecule has 0 aliphatic carbocycles. The molecule has 1 nitrogen and oxygen atoms in total. The topological polar surface area (TPSA) is 9.23 Å². The molecule has 0 radical (unpaired) electrons. The van der Waals surface area contributed by atoms with E-state index in [9.17, 15) is 0 Å². The zero-order valence-corrected chi connectivity index (χ0v) is 24.4. The minimum atomic E-state index is -0.737. The Morgan fingerprint density at radius 3 is 0.905 bits per heavy atom. The van der Waals surface area contributed by atoms with Crippen LogP contribution in [0.4, 0.5) is 0 Å². The van der Waals surface area contributed by atoms with Crippen molar-refractivity contribution in [2.75, 3.05) is 12.4 Å². The second-order valence-corrected chi connectivity index (χ2v) is 11.6. The first-order valence-corrected chi connectivity index (χ1v) is 15.4. The Balaban J connectivity index is 1.41. The molecule has 0 fully saturated rings. The summed E-state index contributed by atoms with van der Waals surface area (Å²) in [6.07, 6.45) is 0. The fourth-order valence-corrected chi connectivity index (χ4v) is 7.31. The molecule has 0 spiro atoms. The molecule has 2 heteroatoms. The number of hydrogen-bond donors (Lipinski definition) is 0. The van der Waals surface area contributed by atoms with Gasteiger partial charge in [-0.3, -0.25) is 0 Å². The van der Waals surface area contributed by atoms with Gasteiger partial charge in [0.05, 0.1) is 11.4 Å². The molecule has 0 aliphatic heterocycles. The minimum Gasteiger partial charge on any atom is -0.360 e. The SMILES string of the molecule is c1ccc(C(OCCSC(c2ccccc2)(c2ccccc2)c2ccccc2)(c2ccccc2)c2ccccc2)cc1. The molecule has 0 saturated carbocycles. The van der Waals surface area contributed by atoms with Gasteiger partial charge in [-0.15, -0.1) is 11.8 Å². The highest BCUT2D eigenvalue weighted by Gasteiger charge is 2.39. The molecule has 0 N–H and O–H groups in total. The third-order valence-electron chi connectivity index (χ3n) is 7.80. The van der Waals surface area contributed by atoms with Crippen LogP contribution in [0.2, 0.25) is 0 Å². The van der Waals surface area contributed by atoms with Crippen molar-refractivity contribution in [2.24, 2.45) is 0 Å². The van der Waals surface area contributed by atoms with Crippen LogP contribution in [0, 0.1) is 0 Å². The summed E-state index contributed by atoms with van der Waals surface area (Å²) in [4.78, 5) is 0. The summed E-state index contributed by atoms with van der Waals surface area (Å²) in [5.74, 6) is 0.785. The summed E-state index contributed by atoms with van der Waals surface area (Å²) < 4.78 is 6.78. The smallest absolute Gasteiger partial charge is 0.143 e. The third kappa shape index (κ3) is 5.44. The van der Waals surface area contributed by atoms with E-state index in [1.54, 1.807) is 0 Å². The van der Waals surface area contributed by atoms with Crippen molar-refractivity contribution in [2.45, 2.75) is 10.3 Å². The molecule has 0 saturated heterocycles. The van der Waals surface area contributed by atoms with E-state index in [0.29, 0.717) is 6.61 Å². The summed E-state index contributed by atoms with van der Waals surface area (Å²) in [5, 5.41) is 0. The molecule has 6 aromatic carbocycles. The first-order chi connectivity index (χ1) is 20.8. The van der Waals surface area contributed by atoms with Crippen LogP contribution in [-0.4, -0.2) is 12.4 Å². The average Bonchev–Trinajstić information content (AvgIpc) is 3.09. The van der Waals surface area contributed by atoms with E-state index in [0.717, 1.165) is 22.4 Å². The number of rotatable bonds is 11. The van der Waals surface area contributed by atoms with Crippen LogP contribution in [0.3, 0.4) is 0 Å². The Hall–Kier alpha value is -4.37. The number of thioether (sulfide) groups is 1. The highest BCUT2D eigenvalue weighted by molar-refractivity contribution is 8.00. The molecular formula is C40H34OS. The Morgan fingerprint density at radius 1 is 0.357 bits per heavy atom. The second kappa shape index (κ2) is 13.1. The Kier molecular flexibility index (Phi) is 8.65. The van der Waals surface area contributed by atoms with Gasteiger partial charge in [0.15, 0.2) is 0 Å². The summed E-state index contributed by atoms with van der Waals surface area (Å²) in [5.41, 5.74) is 6.39. The average molecular weight is 563 g/mol. The number of hydrogen-bond acceptors (Lipinski definition) is 2. The van der Waals surface area contributed by atoms with Gasteiger partial charge in [-0.1, -0.05) is 182 Å². The van der Waals surface area contributed by atoms with E-state index >= 15 is 0 Å². The van der Waals surface area contributed by atoms with Crippen LogP contribution in [-0.2, 0) is 15.1 Å². The van der Waals surface area contributed by atoms with Gasteiger partial charge in [0.2, 0.25) is 0 Å². The van der Waals surface area contributed by atoms with Crippen molar-refractivity contribution in [3.63, 3.8) is 0 Å². The highest BCUT2D eigenvalue weighted by atomic mass is 32.2. The lowest BCUT2D eigenvalue weighted by molar-refractivity contribution is 0.0233. The zero-order valence-electron chi connectivity index (χ0n) is 23.6. The first-order valence-electron chi connectivity index (χ1n) is 14.4. The predicted octanol–water partition coefficient (Wildman–Crippen LogP) is 9.72. The van der Waals surface area contributed by atoms with Crippen molar-refractivity contribution in [1.82, 2.24) is 0 Å². The van der Waals surface area contributed by atoms with Crippen molar-refractivity contribution >= 4 is 11.8 Å². The minimum absolute atomic E-state index is 0.387. The van der Waals surface area contributed by atoms with E-state index in [2.05, 4.69) is 182 Å². The second-order valence-electron chi connectivity index (χ2n) is 10.3. The molecule has 0 unspecified atom stereocenters. The molecule has 0 heterocycles. The molecule has 6 rings (SSSR count). The van der Waals surface area contributed by atoms with Gasteiger partial charge in [0.1, 0.15) is 5.60 Å². The Morgan fingerprint density at radius 2 is 0.619 bits per heavy atom. The molecule has 0 aromatic heterocycles. The van der Waals surface area contributed by atoms with Gasteiger partial charge in [0.25, 0.3) is 0 Å². The largest absolute Gasteiger partial charge is 0.360 e. The lowest BCUT2D eigenvalue weighted by Gasteiger charge is -2.38. The Labute approximate surface area is 253 Å². The first kappa shape index (κ1) is 27.8. The lowest BCUT2D eigenvalue weighted by Crippen LogP contribution is -2.34. The third-order valence-corrected chi connectivity index (χ3v) is 9.31. The molecule has 0 bridgehead atoms. The fraction of sp³-hybridized carbons (Fsp3) is 0.100. The van der Waals surface area contributed by atoms with Crippen LogP contribution in [0.1, 0.15) is 33.4 Å². The van der Waals surface area contributed by atoms with Crippen molar-refractivity contribution in [3.05, 3.63) is 215 Å². The highest BCUT2D eigenvalue weighted by Crippen LogP contribution is 2.49. The van der Waals surface area contributed by atoms with E-state index in [4.69, 9.17) is 4.74 Å². The zero-order chi connectivity index (χ0) is 28.5. The molecule has 0 amide bonds. The van der Waals surface area contributed by atoms with Gasteiger partial charge in [-0.05, 0) is 33.4 Å². The maximum absolute atomic E-state index is 7.17. The molecule has 206 valence electrons. The van der Waals surface area contributed by atoms with Crippen LogP contribution in [0.5, 0.6) is 0 Å². The normalized spacial score (nSPS) is 11.7. The van der Waals surface area contributed by atoms with E-state index in [1.165, 1.54) is 16.7 Å². The number of benzene rings is 6. The molecular weight excluding hydrogens is 529 g/mol. The van der Waals surface area contributed by atoms with E-state index < -0.39 is 5.60 Å². The monoisotopic (exact) mass is 562 g/mol. The van der Waals surface area contributed by atoms with Gasteiger partial charge < -0.3 is 4.74 Å².